The highest BCUT2D eigenvalue weighted by molar-refractivity contribution is 7.98. The van der Waals surface area contributed by atoms with Crippen LogP contribution in [0, 0.1) is 13.8 Å². The molecule has 0 saturated carbocycles. The molecule has 0 aliphatic heterocycles. The van der Waals surface area contributed by atoms with Crippen LogP contribution in [0.5, 0.6) is 0 Å². The maximum absolute atomic E-state index is 12.8. The normalized spacial score (nSPS) is 16.1. The number of hydrogen-bond donors (Lipinski definition) is 0. The summed E-state index contributed by atoms with van der Waals surface area (Å²) in [5, 5.41) is 5.22. The molecule has 30 heavy (non-hydrogen) atoms. The van der Waals surface area contributed by atoms with Gasteiger partial charge in [0.25, 0.3) is 5.78 Å². The first-order chi connectivity index (χ1) is 14.6. The summed E-state index contributed by atoms with van der Waals surface area (Å²) in [6.07, 6.45) is 3.06. The molecule has 0 fully saturated rings. The number of fused-ring (bicyclic) bond motifs is 2. The Hall–Kier alpha value is -2.99. The zero-order chi connectivity index (χ0) is 20.7. The number of hydrogen-bond acceptors (Lipinski definition) is 5. The highest BCUT2D eigenvalue weighted by Gasteiger charge is 2.28. The van der Waals surface area contributed by atoms with Crippen LogP contribution in [0.25, 0.3) is 5.78 Å². The number of rotatable bonds is 4. The predicted molar refractivity (Wildman–Crippen MR) is 118 cm³/mol. The number of ketones is 1. The van der Waals surface area contributed by atoms with E-state index in [0.717, 1.165) is 17.9 Å². The van der Waals surface area contributed by atoms with E-state index in [0.29, 0.717) is 22.9 Å². The van der Waals surface area contributed by atoms with E-state index in [4.69, 9.17) is 4.98 Å². The minimum atomic E-state index is 0.127. The largest absolute Gasteiger partial charge is 0.294 e. The van der Waals surface area contributed by atoms with Crippen LogP contribution in [0.2, 0.25) is 0 Å². The van der Waals surface area contributed by atoms with Gasteiger partial charge in [0, 0.05) is 18.4 Å². The van der Waals surface area contributed by atoms with Crippen molar-refractivity contribution in [3.63, 3.8) is 0 Å². The van der Waals surface area contributed by atoms with Crippen molar-refractivity contribution >= 4 is 23.3 Å². The molecule has 4 aromatic rings. The zero-order valence-electron chi connectivity index (χ0n) is 17.0. The Balaban J connectivity index is 1.42. The summed E-state index contributed by atoms with van der Waals surface area (Å²) in [6, 6.07) is 16.7. The third kappa shape index (κ3) is 3.63. The molecule has 0 spiro atoms. The van der Waals surface area contributed by atoms with Crippen molar-refractivity contribution in [3.8, 4) is 0 Å². The molecule has 1 aliphatic carbocycles. The molecule has 5 nitrogen and oxygen atoms in total. The van der Waals surface area contributed by atoms with Gasteiger partial charge in [-0.15, -0.1) is 5.10 Å². The van der Waals surface area contributed by atoms with Gasteiger partial charge in [-0.2, -0.15) is 4.98 Å². The smallest absolute Gasteiger partial charge is 0.253 e. The second-order valence-electron chi connectivity index (χ2n) is 7.90. The van der Waals surface area contributed by atoms with Crippen LogP contribution in [0.1, 0.15) is 50.6 Å². The van der Waals surface area contributed by atoms with E-state index in [2.05, 4.69) is 60.3 Å². The van der Waals surface area contributed by atoms with Crippen molar-refractivity contribution in [1.29, 1.82) is 0 Å². The minimum Gasteiger partial charge on any atom is -0.294 e. The number of benzene rings is 2. The number of nitrogens with zero attached hydrogens (tertiary/aromatic N) is 4. The fourth-order valence-electron chi connectivity index (χ4n) is 4.00. The zero-order valence-corrected chi connectivity index (χ0v) is 17.8. The first kappa shape index (κ1) is 19.0. The molecule has 2 aromatic heterocycles. The molecule has 1 aliphatic rings. The lowest BCUT2D eigenvalue weighted by Gasteiger charge is -2.23. The lowest BCUT2D eigenvalue weighted by Crippen LogP contribution is -2.21. The quantitative estimate of drug-likeness (QED) is 0.442. The van der Waals surface area contributed by atoms with E-state index in [-0.39, 0.29) is 11.7 Å². The van der Waals surface area contributed by atoms with Gasteiger partial charge >= 0.3 is 0 Å². The van der Waals surface area contributed by atoms with E-state index >= 15 is 0 Å². The maximum Gasteiger partial charge on any atom is 0.253 e. The molecule has 2 heterocycles. The second-order valence-corrected chi connectivity index (χ2v) is 8.84. The highest BCUT2D eigenvalue weighted by atomic mass is 32.2. The number of carbonyl (C=O) groups excluding carboxylic acids is 1. The fourth-order valence-corrected chi connectivity index (χ4v) is 4.90. The van der Waals surface area contributed by atoms with Crippen LogP contribution >= 0.6 is 11.8 Å². The van der Waals surface area contributed by atoms with Gasteiger partial charge in [-0.25, -0.2) is 9.50 Å². The third-order valence-corrected chi connectivity index (χ3v) is 6.58. The SMILES string of the molecule is Cc1cccc(C2CC(=O)c3cn4nc(SCc5ccccc5C)nc4nc3C2)c1. The van der Waals surface area contributed by atoms with Crippen molar-refractivity contribution in [2.24, 2.45) is 0 Å². The van der Waals surface area contributed by atoms with Gasteiger partial charge in [0.2, 0.25) is 5.16 Å². The molecule has 1 atom stereocenters. The number of aryl methyl sites for hydroxylation is 2. The Bertz CT molecular complexity index is 1260. The van der Waals surface area contributed by atoms with Crippen molar-refractivity contribution in [2.75, 3.05) is 0 Å². The van der Waals surface area contributed by atoms with Gasteiger partial charge in [0.05, 0.1) is 11.3 Å². The molecule has 6 heteroatoms. The van der Waals surface area contributed by atoms with Gasteiger partial charge in [-0.1, -0.05) is 65.9 Å². The van der Waals surface area contributed by atoms with Gasteiger partial charge in [0.15, 0.2) is 5.78 Å². The summed E-state index contributed by atoms with van der Waals surface area (Å²) in [6.45, 7) is 4.19. The fraction of sp³-hybridized carbons (Fsp3) is 0.250. The standard InChI is InChI=1S/C24H22N4OS/c1-15-6-5-9-17(10-15)19-11-21-20(22(29)12-19)13-28-23(25-21)26-24(27-28)30-14-18-8-4-3-7-16(18)2/h3-10,13,19H,11-12,14H2,1-2H3. The van der Waals surface area contributed by atoms with Crippen molar-refractivity contribution in [3.05, 3.63) is 88.2 Å². The average molecular weight is 415 g/mol. The van der Waals surface area contributed by atoms with E-state index in [1.807, 2.05) is 12.1 Å². The van der Waals surface area contributed by atoms with Gasteiger partial charge in [0.1, 0.15) is 0 Å². The highest BCUT2D eigenvalue weighted by Crippen LogP contribution is 2.32. The van der Waals surface area contributed by atoms with Crippen LogP contribution in [-0.4, -0.2) is 25.4 Å². The molecule has 0 saturated heterocycles. The summed E-state index contributed by atoms with van der Waals surface area (Å²) in [5.41, 5.74) is 6.44. The molecule has 1 unspecified atom stereocenters. The molecule has 0 bridgehead atoms. The number of Topliss-reactive ketones (excluding diaryl/α,β-unsaturated/α-hetero) is 1. The van der Waals surface area contributed by atoms with E-state index in [1.54, 1.807) is 22.5 Å². The van der Waals surface area contributed by atoms with Crippen LogP contribution in [0.3, 0.4) is 0 Å². The van der Waals surface area contributed by atoms with E-state index in [9.17, 15) is 4.79 Å². The summed E-state index contributed by atoms with van der Waals surface area (Å²) < 4.78 is 1.64. The van der Waals surface area contributed by atoms with Gasteiger partial charge < -0.3 is 0 Å². The molecule has 0 N–H and O–H groups in total. The number of thioether (sulfide) groups is 1. The van der Waals surface area contributed by atoms with E-state index in [1.165, 1.54) is 22.3 Å². The van der Waals surface area contributed by atoms with Gasteiger partial charge in [-0.3, -0.25) is 4.79 Å². The summed E-state index contributed by atoms with van der Waals surface area (Å²) in [4.78, 5) is 22.2. The van der Waals surface area contributed by atoms with Crippen molar-refractivity contribution in [1.82, 2.24) is 19.6 Å². The Morgan fingerprint density at radius 1 is 1.07 bits per heavy atom. The first-order valence-corrected chi connectivity index (χ1v) is 11.1. The summed E-state index contributed by atoms with van der Waals surface area (Å²) in [5.74, 6) is 1.65. The molecule has 150 valence electrons. The van der Waals surface area contributed by atoms with Gasteiger partial charge in [-0.05, 0) is 42.9 Å². The molecule has 0 amide bonds. The maximum atomic E-state index is 12.8. The molecular formula is C24H22N4OS. The number of carbonyl (C=O) groups is 1. The Labute approximate surface area is 179 Å². The Morgan fingerprint density at radius 3 is 2.77 bits per heavy atom. The molecular weight excluding hydrogens is 392 g/mol. The predicted octanol–water partition coefficient (Wildman–Crippen LogP) is 4.95. The monoisotopic (exact) mass is 414 g/mol. The molecule has 2 aromatic carbocycles. The van der Waals surface area contributed by atoms with Crippen LogP contribution in [0.4, 0.5) is 0 Å². The van der Waals surface area contributed by atoms with Crippen LogP contribution in [0.15, 0.2) is 59.9 Å². The van der Waals surface area contributed by atoms with Crippen LogP contribution in [-0.2, 0) is 12.2 Å². The summed E-state index contributed by atoms with van der Waals surface area (Å²) >= 11 is 1.59. The number of aromatic nitrogens is 4. The Kier molecular flexibility index (Phi) is 4.87. The topological polar surface area (TPSA) is 60.2 Å². The van der Waals surface area contributed by atoms with E-state index < -0.39 is 0 Å². The summed E-state index contributed by atoms with van der Waals surface area (Å²) in [7, 11) is 0. The molecule has 5 rings (SSSR count). The van der Waals surface area contributed by atoms with Crippen LogP contribution < -0.4 is 0 Å². The van der Waals surface area contributed by atoms with Crippen molar-refractivity contribution < 1.29 is 4.79 Å². The Morgan fingerprint density at radius 2 is 1.93 bits per heavy atom. The average Bonchev–Trinajstić information content (AvgIpc) is 3.13. The lowest BCUT2D eigenvalue weighted by atomic mass is 9.82. The minimum absolute atomic E-state index is 0.127. The first-order valence-electron chi connectivity index (χ1n) is 10.1. The van der Waals surface area contributed by atoms with Crippen molar-refractivity contribution in [2.45, 2.75) is 43.5 Å². The lowest BCUT2D eigenvalue weighted by molar-refractivity contribution is 0.0962. The molecule has 0 radical (unpaired) electrons. The third-order valence-electron chi connectivity index (χ3n) is 5.69. The second kappa shape index (κ2) is 7.69.